The molecule has 9 heteroatoms. The molecule has 2 aromatic carbocycles. The van der Waals surface area contributed by atoms with Gasteiger partial charge in [-0.25, -0.2) is 8.78 Å². The molecule has 0 aliphatic carbocycles. The third-order valence-electron chi connectivity index (χ3n) is 3.96. The number of hydrogen-bond acceptors (Lipinski definition) is 4. The Labute approximate surface area is 158 Å². The number of nitrogens with one attached hydrogen (secondary N) is 1. The average molecular weight is 386 g/mol. The van der Waals surface area contributed by atoms with Crippen molar-refractivity contribution in [3.63, 3.8) is 0 Å². The van der Waals surface area contributed by atoms with Gasteiger partial charge in [0.15, 0.2) is 11.6 Å². The van der Waals surface area contributed by atoms with Crippen molar-refractivity contribution in [3.8, 4) is 5.75 Å². The minimum Gasteiger partial charge on any atom is -0.486 e. The van der Waals surface area contributed by atoms with E-state index in [0.717, 1.165) is 6.07 Å². The molecule has 3 aromatic rings. The summed E-state index contributed by atoms with van der Waals surface area (Å²) in [6, 6.07) is 9.48. The number of benzene rings is 2. The monoisotopic (exact) mass is 386 g/mol. The van der Waals surface area contributed by atoms with Gasteiger partial charge in [-0.1, -0.05) is 18.2 Å². The molecule has 0 saturated heterocycles. The summed E-state index contributed by atoms with van der Waals surface area (Å²) < 4.78 is 33.3. The highest BCUT2D eigenvalue weighted by atomic mass is 19.1. The summed E-state index contributed by atoms with van der Waals surface area (Å²) in [4.78, 5) is 24.2. The standard InChI is InChI=1S/C19H16F2N4O3/c1-25-17(18(22)26)15(9-23-25)24-19(27)13-5-3-2-4-11(13)10-28-16-7-6-12(20)8-14(16)21/h2-9H,10H2,1H3,(H2,22,26)(H,24,27). The van der Waals surface area contributed by atoms with Crippen molar-refractivity contribution in [2.75, 3.05) is 5.32 Å². The minimum atomic E-state index is -0.844. The van der Waals surface area contributed by atoms with Crippen molar-refractivity contribution in [1.82, 2.24) is 9.78 Å². The lowest BCUT2D eigenvalue weighted by Crippen LogP contribution is -2.21. The Hall–Kier alpha value is -3.75. The molecule has 3 rings (SSSR count). The number of ether oxygens (including phenoxy) is 1. The number of carbonyl (C=O) groups excluding carboxylic acids is 2. The van der Waals surface area contributed by atoms with E-state index in [0.29, 0.717) is 11.6 Å². The van der Waals surface area contributed by atoms with Crippen molar-refractivity contribution in [2.24, 2.45) is 12.8 Å². The normalized spacial score (nSPS) is 10.5. The number of rotatable bonds is 6. The van der Waals surface area contributed by atoms with E-state index < -0.39 is 23.4 Å². The third-order valence-corrected chi connectivity index (χ3v) is 3.96. The molecule has 7 nitrogen and oxygen atoms in total. The van der Waals surface area contributed by atoms with Crippen molar-refractivity contribution < 1.29 is 23.1 Å². The van der Waals surface area contributed by atoms with E-state index in [1.165, 1.54) is 24.0 Å². The van der Waals surface area contributed by atoms with Crippen LogP contribution in [0.3, 0.4) is 0 Å². The van der Waals surface area contributed by atoms with E-state index in [1.54, 1.807) is 24.3 Å². The Morgan fingerprint density at radius 3 is 2.68 bits per heavy atom. The van der Waals surface area contributed by atoms with Crippen LogP contribution in [0.1, 0.15) is 26.4 Å². The molecule has 0 aliphatic rings. The van der Waals surface area contributed by atoms with Gasteiger partial charge >= 0.3 is 0 Å². The molecule has 1 aromatic heterocycles. The fourth-order valence-corrected chi connectivity index (χ4v) is 2.63. The van der Waals surface area contributed by atoms with Crippen LogP contribution in [-0.4, -0.2) is 21.6 Å². The maximum atomic E-state index is 13.7. The largest absolute Gasteiger partial charge is 0.486 e. The molecule has 2 amide bonds. The zero-order valence-corrected chi connectivity index (χ0v) is 14.8. The number of halogens is 2. The van der Waals surface area contributed by atoms with Crippen LogP contribution in [0.15, 0.2) is 48.7 Å². The highest BCUT2D eigenvalue weighted by Crippen LogP contribution is 2.21. The Kier molecular flexibility index (Phi) is 5.35. The van der Waals surface area contributed by atoms with E-state index in [9.17, 15) is 18.4 Å². The second kappa shape index (κ2) is 7.87. The Balaban J connectivity index is 1.80. The molecular weight excluding hydrogens is 370 g/mol. The van der Waals surface area contributed by atoms with Crippen molar-refractivity contribution in [2.45, 2.75) is 6.61 Å². The lowest BCUT2D eigenvalue weighted by Gasteiger charge is -2.12. The molecule has 144 valence electrons. The van der Waals surface area contributed by atoms with Gasteiger partial charge in [0.2, 0.25) is 0 Å². The van der Waals surface area contributed by atoms with Gasteiger partial charge < -0.3 is 15.8 Å². The van der Waals surface area contributed by atoms with Crippen LogP contribution in [-0.2, 0) is 13.7 Å². The average Bonchev–Trinajstić information content (AvgIpc) is 3.01. The molecule has 28 heavy (non-hydrogen) atoms. The molecule has 0 unspecified atom stereocenters. The van der Waals surface area contributed by atoms with Crippen LogP contribution in [0.2, 0.25) is 0 Å². The zero-order valence-electron chi connectivity index (χ0n) is 14.8. The first-order valence-electron chi connectivity index (χ1n) is 8.15. The smallest absolute Gasteiger partial charge is 0.269 e. The topological polar surface area (TPSA) is 99.2 Å². The number of aryl methyl sites for hydroxylation is 1. The quantitative estimate of drug-likeness (QED) is 0.680. The maximum Gasteiger partial charge on any atom is 0.269 e. The summed E-state index contributed by atoms with van der Waals surface area (Å²) in [6.07, 6.45) is 1.31. The Bertz CT molecular complexity index is 1050. The van der Waals surface area contributed by atoms with Crippen LogP contribution in [0.4, 0.5) is 14.5 Å². The number of hydrogen-bond donors (Lipinski definition) is 2. The predicted molar refractivity (Wildman–Crippen MR) is 96.8 cm³/mol. The van der Waals surface area contributed by atoms with Gasteiger partial charge in [-0.3, -0.25) is 14.3 Å². The zero-order chi connectivity index (χ0) is 20.3. The van der Waals surface area contributed by atoms with E-state index in [1.807, 2.05) is 0 Å². The second-order valence-corrected chi connectivity index (χ2v) is 5.87. The number of carbonyl (C=O) groups is 2. The number of primary amides is 1. The first kappa shape index (κ1) is 19.0. The van der Waals surface area contributed by atoms with Crippen molar-refractivity contribution in [1.29, 1.82) is 0 Å². The molecule has 0 atom stereocenters. The van der Waals surface area contributed by atoms with Gasteiger partial charge in [0.1, 0.15) is 18.1 Å². The fourth-order valence-electron chi connectivity index (χ4n) is 2.63. The Morgan fingerprint density at radius 1 is 1.21 bits per heavy atom. The van der Waals surface area contributed by atoms with Crippen LogP contribution < -0.4 is 15.8 Å². The lowest BCUT2D eigenvalue weighted by molar-refractivity contribution is 0.0992. The number of nitrogens with two attached hydrogens (primary N) is 1. The minimum absolute atomic E-state index is 0.0514. The van der Waals surface area contributed by atoms with Gasteiger partial charge in [-0.2, -0.15) is 5.10 Å². The van der Waals surface area contributed by atoms with Crippen molar-refractivity contribution in [3.05, 3.63) is 77.1 Å². The second-order valence-electron chi connectivity index (χ2n) is 5.87. The lowest BCUT2D eigenvalue weighted by atomic mass is 10.1. The van der Waals surface area contributed by atoms with Crippen molar-refractivity contribution >= 4 is 17.5 Å². The van der Waals surface area contributed by atoms with Crippen LogP contribution >= 0.6 is 0 Å². The summed E-state index contributed by atoms with van der Waals surface area (Å²) >= 11 is 0. The summed E-state index contributed by atoms with van der Waals surface area (Å²) in [6.45, 7) is -0.123. The van der Waals surface area contributed by atoms with E-state index in [4.69, 9.17) is 10.5 Å². The van der Waals surface area contributed by atoms with E-state index in [2.05, 4.69) is 10.4 Å². The molecule has 1 heterocycles. The molecule has 0 bridgehead atoms. The molecule has 0 saturated carbocycles. The summed E-state index contributed by atoms with van der Waals surface area (Å²) in [5.41, 5.74) is 6.25. The van der Waals surface area contributed by atoms with Crippen LogP contribution in [0.25, 0.3) is 0 Å². The number of amides is 2. The first-order valence-corrected chi connectivity index (χ1v) is 8.15. The van der Waals surface area contributed by atoms with Gasteiger partial charge in [0.25, 0.3) is 11.8 Å². The van der Waals surface area contributed by atoms with E-state index >= 15 is 0 Å². The van der Waals surface area contributed by atoms with Gasteiger partial charge in [0, 0.05) is 24.2 Å². The van der Waals surface area contributed by atoms with Crippen LogP contribution in [0, 0.1) is 11.6 Å². The fraction of sp³-hybridized carbons (Fsp3) is 0.105. The molecule has 3 N–H and O–H groups in total. The van der Waals surface area contributed by atoms with E-state index in [-0.39, 0.29) is 29.3 Å². The highest BCUT2D eigenvalue weighted by molar-refractivity contribution is 6.08. The van der Waals surface area contributed by atoms with Gasteiger partial charge in [-0.05, 0) is 18.2 Å². The molecule has 0 radical (unpaired) electrons. The summed E-state index contributed by atoms with van der Waals surface area (Å²) in [7, 11) is 1.52. The molecular formula is C19H16F2N4O3. The number of nitrogens with zero attached hydrogens (tertiary/aromatic N) is 2. The van der Waals surface area contributed by atoms with Crippen LogP contribution in [0.5, 0.6) is 5.75 Å². The SMILES string of the molecule is Cn1ncc(NC(=O)c2ccccc2COc2ccc(F)cc2F)c1C(N)=O. The highest BCUT2D eigenvalue weighted by Gasteiger charge is 2.18. The first-order chi connectivity index (χ1) is 13.4. The molecule has 0 fully saturated rings. The summed E-state index contributed by atoms with van der Waals surface area (Å²) in [5.74, 6) is -2.96. The van der Waals surface area contributed by atoms with Gasteiger partial charge in [0.05, 0.1) is 11.9 Å². The predicted octanol–water partition coefficient (Wildman–Crippen LogP) is 2.63. The Morgan fingerprint density at radius 2 is 1.96 bits per heavy atom. The number of anilines is 1. The summed E-state index contributed by atoms with van der Waals surface area (Å²) in [5, 5.41) is 6.49. The molecule has 0 aliphatic heterocycles. The van der Waals surface area contributed by atoms with Gasteiger partial charge in [-0.15, -0.1) is 0 Å². The third kappa shape index (κ3) is 3.98. The molecule has 0 spiro atoms. The number of aromatic nitrogens is 2. The maximum absolute atomic E-state index is 13.7.